The first-order valence-electron chi connectivity index (χ1n) is 7.61. The number of hydrogen-bond donors (Lipinski definition) is 1. The lowest BCUT2D eigenvalue weighted by atomic mass is 10.2. The van der Waals surface area contributed by atoms with Crippen LogP contribution in [0.5, 0.6) is 5.75 Å². The number of ether oxygens (including phenoxy) is 1. The Kier molecular flexibility index (Phi) is 4.95. The molecule has 1 N–H and O–H groups in total. The van der Waals surface area contributed by atoms with E-state index in [1.54, 1.807) is 31.4 Å². The Labute approximate surface area is 146 Å². The summed E-state index contributed by atoms with van der Waals surface area (Å²) in [5.41, 5.74) is 0.966. The third-order valence-corrected chi connectivity index (χ3v) is 5.28. The van der Waals surface area contributed by atoms with Gasteiger partial charge in [-0.05, 0) is 30.3 Å². The minimum atomic E-state index is -3.65. The van der Waals surface area contributed by atoms with Crippen LogP contribution >= 0.6 is 0 Å². The van der Waals surface area contributed by atoms with E-state index in [0.29, 0.717) is 12.4 Å². The molecule has 7 heteroatoms. The molecule has 1 heterocycles. The van der Waals surface area contributed by atoms with E-state index in [4.69, 9.17) is 4.74 Å². The summed E-state index contributed by atoms with van der Waals surface area (Å²) < 4.78 is 30.2. The molecule has 3 aromatic rings. The zero-order chi connectivity index (χ0) is 17.7. The number of hydrogen-bond acceptors (Lipinski definition) is 6. The van der Waals surface area contributed by atoms with Crippen LogP contribution in [0.2, 0.25) is 0 Å². The molecule has 128 valence electrons. The van der Waals surface area contributed by atoms with Crippen molar-refractivity contribution in [2.24, 2.45) is 0 Å². The van der Waals surface area contributed by atoms with Crippen LogP contribution in [0.4, 0.5) is 5.82 Å². The lowest BCUT2D eigenvalue weighted by molar-refractivity contribution is 0.410. The van der Waals surface area contributed by atoms with Gasteiger partial charge in [0.15, 0.2) is 5.03 Å². The Morgan fingerprint density at radius 3 is 2.32 bits per heavy atom. The SMILES string of the molecule is COc1ccccc1CNc1ccc(S(=O)(=O)c2ccccc2)nn1. The summed E-state index contributed by atoms with van der Waals surface area (Å²) in [7, 11) is -2.04. The van der Waals surface area contributed by atoms with Crippen molar-refractivity contribution in [3.05, 3.63) is 72.3 Å². The number of nitrogens with zero attached hydrogens (tertiary/aromatic N) is 2. The highest BCUT2D eigenvalue weighted by molar-refractivity contribution is 7.91. The Hall–Kier alpha value is -2.93. The molecule has 0 bridgehead atoms. The highest BCUT2D eigenvalue weighted by atomic mass is 32.2. The first-order chi connectivity index (χ1) is 12.1. The number of methoxy groups -OCH3 is 1. The Morgan fingerprint density at radius 1 is 0.920 bits per heavy atom. The van der Waals surface area contributed by atoms with E-state index in [-0.39, 0.29) is 9.92 Å². The molecule has 25 heavy (non-hydrogen) atoms. The van der Waals surface area contributed by atoms with E-state index in [1.165, 1.54) is 18.2 Å². The molecule has 0 amide bonds. The molecule has 0 radical (unpaired) electrons. The van der Waals surface area contributed by atoms with Gasteiger partial charge in [-0.1, -0.05) is 36.4 Å². The van der Waals surface area contributed by atoms with E-state index in [9.17, 15) is 8.42 Å². The summed E-state index contributed by atoms with van der Waals surface area (Å²) in [6, 6.07) is 18.8. The predicted octanol–water partition coefficient (Wildman–Crippen LogP) is 2.93. The average Bonchev–Trinajstić information content (AvgIpc) is 2.67. The van der Waals surface area contributed by atoms with Crippen molar-refractivity contribution in [2.75, 3.05) is 12.4 Å². The second-order valence-corrected chi connectivity index (χ2v) is 7.14. The highest BCUT2D eigenvalue weighted by Crippen LogP contribution is 2.20. The van der Waals surface area contributed by atoms with Crippen LogP contribution in [-0.4, -0.2) is 25.7 Å². The van der Waals surface area contributed by atoms with Gasteiger partial charge in [0.05, 0.1) is 12.0 Å². The zero-order valence-corrected chi connectivity index (χ0v) is 14.4. The maximum atomic E-state index is 12.5. The fraction of sp³-hybridized carbons (Fsp3) is 0.111. The minimum absolute atomic E-state index is 0.0819. The number of aromatic nitrogens is 2. The van der Waals surface area contributed by atoms with Gasteiger partial charge in [0.1, 0.15) is 11.6 Å². The number of benzene rings is 2. The standard InChI is InChI=1S/C18H17N3O3S/c1-24-16-10-6-5-7-14(16)13-19-17-11-12-18(21-20-17)25(22,23)15-8-3-2-4-9-15/h2-12H,13H2,1H3,(H,19,20). The maximum Gasteiger partial charge on any atom is 0.225 e. The van der Waals surface area contributed by atoms with E-state index < -0.39 is 9.84 Å². The van der Waals surface area contributed by atoms with Gasteiger partial charge in [-0.25, -0.2) is 8.42 Å². The van der Waals surface area contributed by atoms with Crippen LogP contribution in [-0.2, 0) is 16.4 Å². The monoisotopic (exact) mass is 355 g/mol. The summed E-state index contributed by atoms with van der Waals surface area (Å²) in [5.74, 6) is 1.25. The minimum Gasteiger partial charge on any atom is -0.496 e. The van der Waals surface area contributed by atoms with Gasteiger partial charge in [-0.3, -0.25) is 0 Å². The first kappa shape index (κ1) is 16.9. The fourth-order valence-electron chi connectivity index (χ4n) is 2.31. The zero-order valence-electron chi connectivity index (χ0n) is 13.6. The number of sulfone groups is 1. The van der Waals surface area contributed by atoms with E-state index in [1.807, 2.05) is 24.3 Å². The van der Waals surface area contributed by atoms with Crippen molar-refractivity contribution in [2.45, 2.75) is 16.5 Å². The van der Waals surface area contributed by atoms with Gasteiger partial charge in [0.25, 0.3) is 0 Å². The third kappa shape index (κ3) is 3.77. The van der Waals surface area contributed by atoms with Crippen molar-refractivity contribution in [3.8, 4) is 5.75 Å². The molecule has 3 rings (SSSR count). The lowest BCUT2D eigenvalue weighted by Gasteiger charge is -2.10. The molecule has 0 atom stereocenters. The van der Waals surface area contributed by atoms with Gasteiger partial charge in [0, 0.05) is 12.1 Å². The molecule has 1 aromatic heterocycles. The van der Waals surface area contributed by atoms with Crippen LogP contribution in [0.1, 0.15) is 5.56 Å². The Morgan fingerprint density at radius 2 is 1.64 bits per heavy atom. The number of para-hydroxylation sites is 1. The highest BCUT2D eigenvalue weighted by Gasteiger charge is 2.19. The third-order valence-electron chi connectivity index (χ3n) is 3.62. The molecule has 0 saturated heterocycles. The summed E-state index contributed by atoms with van der Waals surface area (Å²) in [5, 5.41) is 10.8. The summed E-state index contributed by atoms with van der Waals surface area (Å²) in [6.45, 7) is 0.490. The van der Waals surface area contributed by atoms with Crippen LogP contribution in [0.15, 0.2) is 76.7 Å². The molecule has 0 aliphatic carbocycles. The van der Waals surface area contributed by atoms with Crippen molar-refractivity contribution < 1.29 is 13.2 Å². The largest absolute Gasteiger partial charge is 0.496 e. The molecular weight excluding hydrogens is 338 g/mol. The molecule has 0 spiro atoms. The summed E-state index contributed by atoms with van der Waals surface area (Å²) in [6.07, 6.45) is 0. The van der Waals surface area contributed by atoms with Gasteiger partial charge in [-0.2, -0.15) is 0 Å². The first-order valence-corrected chi connectivity index (χ1v) is 9.09. The number of nitrogens with one attached hydrogen (secondary N) is 1. The second kappa shape index (κ2) is 7.31. The van der Waals surface area contributed by atoms with Crippen LogP contribution < -0.4 is 10.1 Å². The summed E-state index contributed by atoms with van der Waals surface area (Å²) >= 11 is 0. The van der Waals surface area contributed by atoms with Crippen molar-refractivity contribution in [1.29, 1.82) is 0 Å². The second-order valence-electron chi connectivity index (χ2n) is 5.24. The molecule has 0 aliphatic heterocycles. The molecular formula is C18H17N3O3S. The molecule has 0 fully saturated rings. The fourth-order valence-corrected chi connectivity index (χ4v) is 3.47. The van der Waals surface area contributed by atoms with Gasteiger partial charge in [-0.15, -0.1) is 10.2 Å². The quantitative estimate of drug-likeness (QED) is 0.732. The molecule has 6 nitrogen and oxygen atoms in total. The normalized spacial score (nSPS) is 11.1. The van der Waals surface area contributed by atoms with Crippen LogP contribution in [0, 0.1) is 0 Å². The van der Waals surface area contributed by atoms with Gasteiger partial charge < -0.3 is 10.1 Å². The van der Waals surface area contributed by atoms with E-state index >= 15 is 0 Å². The molecule has 0 unspecified atom stereocenters. The average molecular weight is 355 g/mol. The lowest BCUT2D eigenvalue weighted by Crippen LogP contribution is -2.08. The number of anilines is 1. The van der Waals surface area contributed by atoms with E-state index in [0.717, 1.165) is 11.3 Å². The van der Waals surface area contributed by atoms with Crippen LogP contribution in [0.25, 0.3) is 0 Å². The molecule has 0 saturated carbocycles. The Bertz CT molecular complexity index is 943. The number of rotatable bonds is 6. The smallest absolute Gasteiger partial charge is 0.225 e. The topological polar surface area (TPSA) is 81.2 Å². The molecule has 0 aliphatic rings. The van der Waals surface area contributed by atoms with Crippen molar-refractivity contribution in [1.82, 2.24) is 10.2 Å². The molecule has 2 aromatic carbocycles. The predicted molar refractivity (Wildman–Crippen MR) is 94.2 cm³/mol. The maximum absolute atomic E-state index is 12.5. The van der Waals surface area contributed by atoms with Crippen LogP contribution in [0.3, 0.4) is 0 Å². The van der Waals surface area contributed by atoms with Gasteiger partial charge >= 0.3 is 0 Å². The summed E-state index contributed by atoms with van der Waals surface area (Å²) in [4.78, 5) is 0.194. The van der Waals surface area contributed by atoms with Gasteiger partial charge in [0.2, 0.25) is 9.84 Å². The van der Waals surface area contributed by atoms with Crippen molar-refractivity contribution >= 4 is 15.7 Å². The Balaban J connectivity index is 1.75. The van der Waals surface area contributed by atoms with E-state index in [2.05, 4.69) is 15.5 Å². The van der Waals surface area contributed by atoms with Crippen molar-refractivity contribution in [3.63, 3.8) is 0 Å².